The van der Waals surface area contributed by atoms with Crippen molar-refractivity contribution < 1.29 is 4.79 Å². The molecule has 26 heavy (non-hydrogen) atoms. The molecule has 0 saturated carbocycles. The number of rotatable bonds is 4. The van der Waals surface area contributed by atoms with Gasteiger partial charge in [0.15, 0.2) is 5.17 Å². The first-order valence-electron chi connectivity index (χ1n) is 8.87. The Morgan fingerprint density at radius 1 is 1.19 bits per heavy atom. The number of carbonyl (C=O) groups is 1. The molecule has 0 aliphatic carbocycles. The maximum Gasteiger partial charge on any atom is 0.328 e. The minimum Gasteiger partial charge on any atom is -0.337 e. The molecule has 0 atom stereocenters. The number of nitrogens with one attached hydrogen (secondary N) is 1. The molecule has 0 fully saturated rings. The molecule has 1 aliphatic heterocycles. The van der Waals surface area contributed by atoms with Crippen molar-refractivity contribution >= 4 is 28.6 Å². The quantitative estimate of drug-likeness (QED) is 0.856. The molecule has 1 heterocycles. The summed E-state index contributed by atoms with van der Waals surface area (Å²) in [5.41, 5.74) is 3.18. The molecule has 0 spiro atoms. The lowest BCUT2D eigenvalue weighted by Gasteiger charge is -2.24. The number of aliphatic imine (C=N–C) groups is 1. The summed E-state index contributed by atoms with van der Waals surface area (Å²) in [6.45, 7) is 7.63. The van der Waals surface area contributed by atoms with Crippen LogP contribution >= 0.6 is 11.8 Å². The molecular weight excluding hydrogens is 342 g/mol. The third-order valence-electron chi connectivity index (χ3n) is 4.15. The molecule has 0 saturated heterocycles. The molecule has 1 N–H and O–H groups in total. The minimum atomic E-state index is -0.129. The summed E-state index contributed by atoms with van der Waals surface area (Å²) in [6, 6.07) is 18.0. The van der Waals surface area contributed by atoms with Crippen molar-refractivity contribution in [2.75, 3.05) is 18.0 Å². The van der Waals surface area contributed by atoms with Crippen molar-refractivity contribution in [3.63, 3.8) is 0 Å². The largest absolute Gasteiger partial charge is 0.337 e. The van der Waals surface area contributed by atoms with Gasteiger partial charge >= 0.3 is 6.03 Å². The van der Waals surface area contributed by atoms with E-state index >= 15 is 0 Å². The van der Waals surface area contributed by atoms with Gasteiger partial charge in [-0.15, -0.1) is 0 Å². The lowest BCUT2D eigenvalue weighted by molar-refractivity contribution is 0.249. The molecular formula is C21H25N3OS. The SMILES string of the molecule is Cc1cccc(N(C(=O)NCCc2ccccc2)C2=NCC(C)(C)S2)c1. The Morgan fingerprint density at radius 3 is 2.62 bits per heavy atom. The van der Waals surface area contributed by atoms with Crippen LogP contribution in [-0.2, 0) is 6.42 Å². The fourth-order valence-corrected chi connectivity index (χ4v) is 3.84. The maximum atomic E-state index is 13.0. The van der Waals surface area contributed by atoms with Crippen LogP contribution in [0.3, 0.4) is 0 Å². The summed E-state index contributed by atoms with van der Waals surface area (Å²) in [5, 5.41) is 3.81. The number of thioether (sulfide) groups is 1. The van der Waals surface area contributed by atoms with Crippen LogP contribution in [0.5, 0.6) is 0 Å². The van der Waals surface area contributed by atoms with Crippen LogP contribution in [0.1, 0.15) is 25.0 Å². The van der Waals surface area contributed by atoms with E-state index in [1.165, 1.54) is 5.56 Å². The van der Waals surface area contributed by atoms with Crippen molar-refractivity contribution in [1.29, 1.82) is 0 Å². The Morgan fingerprint density at radius 2 is 1.96 bits per heavy atom. The van der Waals surface area contributed by atoms with Gasteiger partial charge in [0.2, 0.25) is 0 Å². The molecule has 0 bridgehead atoms. The van der Waals surface area contributed by atoms with E-state index in [1.54, 1.807) is 16.7 Å². The lowest BCUT2D eigenvalue weighted by atomic mass is 10.1. The van der Waals surface area contributed by atoms with Crippen molar-refractivity contribution in [2.24, 2.45) is 4.99 Å². The van der Waals surface area contributed by atoms with Gasteiger partial charge in [0.05, 0.1) is 12.2 Å². The number of amidine groups is 1. The van der Waals surface area contributed by atoms with E-state index < -0.39 is 0 Å². The second kappa shape index (κ2) is 7.96. The molecule has 0 radical (unpaired) electrons. The first kappa shape index (κ1) is 18.5. The Hall–Kier alpha value is -2.27. The standard InChI is InChI=1S/C21H25N3OS/c1-16-8-7-11-18(14-16)24(20-23-15-21(2,3)26-20)19(25)22-13-12-17-9-5-4-6-10-17/h4-11,14H,12-13,15H2,1-3H3,(H,22,25). The number of carbonyl (C=O) groups excluding carboxylic acids is 1. The lowest BCUT2D eigenvalue weighted by Crippen LogP contribution is -2.43. The third-order valence-corrected chi connectivity index (χ3v) is 5.33. The highest BCUT2D eigenvalue weighted by Gasteiger charge is 2.33. The van der Waals surface area contributed by atoms with E-state index in [-0.39, 0.29) is 10.8 Å². The van der Waals surface area contributed by atoms with E-state index in [4.69, 9.17) is 0 Å². The van der Waals surface area contributed by atoms with Crippen molar-refractivity contribution in [1.82, 2.24) is 5.32 Å². The highest BCUT2D eigenvalue weighted by molar-refractivity contribution is 8.15. The number of urea groups is 1. The van der Waals surface area contributed by atoms with E-state index in [0.29, 0.717) is 13.1 Å². The molecule has 136 valence electrons. The zero-order valence-corrected chi connectivity index (χ0v) is 16.3. The van der Waals surface area contributed by atoms with E-state index in [2.05, 4.69) is 36.3 Å². The highest BCUT2D eigenvalue weighted by Crippen LogP contribution is 2.35. The summed E-state index contributed by atoms with van der Waals surface area (Å²) in [5.74, 6) is 0. The van der Waals surface area contributed by atoms with Crippen molar-refractivity contribution in [3.05, 3.63) is 65.7 Å². The first-order chi connectivity index (χ1) is 12.4. The summed E-state index contributed by atoms with van der Waals surface area (Å²) < 4.78 is 0.0156. The van der Waals surface area contributed by atoms with Crippen LogP contribution in [0.15, 0.2) is 59.6 Å². The minimum absolute atomic E-state index is 0.0156. The number of amides is 2. The van der Waals surface area contributed by atoms with E-state index in [9.17, 15) is 4.79 Å². The summed E-state index contributed by atoms with van der Waals surface area (Å²) in [6.07, 6.45) is 0.805. The number of anilines is 1. The van der Waals surface area contributed by atoms with Crippen LogP contribution in [0.25, 0.3) is 0 Å². The predicted molar refractivity (Wildman–Crippen MR) is 111 cm³/mol. The van der Waals surface area contributed by atoms with Gasteiger partial charge in [-0.25, -0.2) is 9.69 Å². The van der Waals surface area contributed by atoms with Gasteiger partial charge in [-0.05, 0) is 50.5 Å². The number of hydrogen-bond acceptors (Lipinski definition) is 3. The topological polar surface area (TPSA) is 44.7 Å². The number of nitrogens with zero attached hydrogens (tertiary/aromatic N) is 2. The molecule has 2 aromatic carbocycles. The van der Waals surface area contributed by atoms with Crippen LogP contribution < -0.4 is 10.2 Å². The molecule has 4 nitrogen and oxygen atoms in total. The maximum absolute atomic E-state index is 13.0. The van der Waals surface area contributed by atoms with Crippen molar-refractivity contribution in [3.8, 4) is 0 Å². The Labute approximate surface area is 159 Å². The fourth-order valence-electron chi connectivity index (χ4n) is 2.81. The molecule has 0 aromatic heterocycles. The Kier molecular flexibility index (Phi) is 5.67. The summed E-state index contributed by atoms with van der Waals surface area (Å²) in [4.78, 5) is 19.3. The van der Waals surface area contributed by atoms with Gasteiger partial charge in [0.25, 0.3) is 0 Å². The fraction of sp³-hybridized carbons (Fsp3) is 0.333. The molecule has 5 heteroatoms. The number of benzene rings is 2. The summed E-state index contributed by atoms with van der Waals surface area (Å²) in [7, 11) is 0. The van der Waals surface area contributed by atoms with Gasteiger partial charge in [0, 0.05) is 11.3 Å². The predicted octanol–water partition coefficient (Wildman–Crippen LogP) is 4.64. The smallest absolute Gasteiger partial charge is 0.328 e. The van der Waals surface area contributed by atoms with E-state index in [1.807, 2.05) is 49.4 Å². The monoisotopic (exact) mass is 367 g/mol. The molecule has 3 rings (SSSR count). The van der Waals surface area contributed by atoms with Gasteiger partial charge in [0.1, 0.15) is 0 Å². The van der Waals surface area contributed by atoms with Gasteiger partial charge in [-0.1, -0.05) is 54.2 Å². The third kappa shape index (κ3) is 4.67. The van der Waals surface area contributed by atoms with Gasteiger partial charge in [-0.3, -0.25) is 4.99 Å². The van der Waals surface area contributed by atoms with Crippen LogP contribution in [0.2, 0.25) is 0 Å². The average Bonchev–Trinajstić information content (AvgIpc) is 2.95. The first-order valence-corrected chi connectivity index (χ1v) is 9.68. The van der Waals surface area contributed by atoms with Gasteiger partial charge in [-0.2, -0.15) is 0 Å². The van der Waals surface area contributed by atoms with Crippen LogP contribution in [0, 0.1) is 6.92 Å². The van der Waals surface area contributed by atoms with Crippen LogP contribution in [-0.4, -0.2) is 29.0 Å². The zero-order valence-electron chi connectivity index (χ0n) is 15.5. The number of hydrogen-bond donors (Lipinski definition) is 1. The zero-order chi connectivity index (χ0) is 18.6. The molecule has 0 unspecified atom stereocenters. The Balaban J connectivity index is 1.74. The van der Waals surface area contributed by atoms with Gasteiger partial charge < -0.3 is 5.32 Å². The molecule has 2 amide bonds. The molecule has 2 aromatic rings. The normalized spacial score (nSPS) is 15.4. The van der Waals surface area contributed by atoms with E-state index in [0.717, 1.165) is 22.8 Å². The average molecular weight is 368 g/mol. The second-order valence-electron chi connectivity index (χ2n) is 7.10. The second-order valence-corrected chi connectivity index (χ2v) is 8.78. The highest BCUT2D eigenvalue weighted by atomic mass is 32.2. The molecule has 1 aliphatic rings. The summed E-state index contributed by atoms with van der Waals surface area (Å²) >= 11 is 1.65. The van der Waals surface area contributed by atoms with Crippen LogP contribution in [0.4, 0.5) is 10.5 Å². The number of aryl methyl sites for hydroxylation is 1. The van der Waals surface area contributed by atoms with Crippen molar-refractivity contribution in [2.45, 2.75) is 31.9 Å². The Bertz CT molecular complexity index is 802.